The molecule has 0 atom stereocenters. The van der Waals surface area contributed by atoms with Gasteiger partial charge in [0.1, 0.15) is 11.6 Å². The Hall–Kier alpha value is -2.48. The molecule has 1 aliphatic heterocycles. The molecule has 0 bridgehead atoms. The van der Waals surface area contributed by atoms with Gasteiger partial charge in [-0.3, -0.25) is 4.79 Å². The topological polar surface area (TPSA) is 108 Å². The summed E-state index contributed by atoms with van der Waals surface area (Å²) < 4.78 is 41.7. The van der Waals surface area contributed by atoms with Crippen LogP contribution in [-0.4, -0.2) is 41.5 Å². The molecule has 1 aromatic carbocycles. The lowest BCUT2D eigenvalue weighted by molar-refractivity contribution is -0.121. The van der Waals surface area contributed by atoms with Gasteiger partial charge in [0.15, 0.2) is 0 Å². The molecule has 1 saturated heterocycles. The van der Waals surface area contributed by atoms with Crippen molar-refractivity contribution in [1.29, 1.82) is 5.26 Å². The largest absolute Gasteiger partial charge is 0.311 e. The van der Waals surface area contributed by atoms with Crippen molar-refractivity contribution in [1.82, 2.24) is 14.1 Å². The van der Waals surface area contributed by atoms with E-state index < -0.39 is 15.8 Å². The van der Waals surface area contributed by atoms with E-state index in [4.69, 9.17) is 16.9 Å². The third-order valence-corrected chi connectivity index (χ3v) is 7.13. The lowest BCUT2D eigenvalue weighted by atomic mass is 9.97. The van der Waals surface area contributed by atoms with E-state index in [0.717, 1.165) is 17.8 Å². The van der Waals surface area contributed by atoms with Gasteiger partial charge in [-0.15, -0.1) is 0 Å². The Kier molecular flexibility index (Phi) is 6.75. The van der Waals surface area contributed by atoms with Crippen LogP contribution in [0.1, 0.15) is 25.0 Å². The molecule has 8 nitrogen and oxygen atoms in total. The van der Waals surface area contributed by atoms with Crippen LogP contribution in [0.5, 0.6) is 0 Å². The predicted molar refractivity (Wildman–Crippen MR) is 109 cm³/mol. The van der Waals surface area contributed by atoms with Crippen LogP contribution in [0.15, 0.2) is 29.2 Å². The zero-order valence-corrected chi connectivity index (χ0v) is 17.9. The summed E-state index contributed by atoms with van der Waals surface area (Å²) in [5.74, 6) is -0.734. The van der Waals surface area contributed by atoms with Crippen molar-refractivity contribution in [3.05, 3.63) is 40.8 Å². The number of hydrogen-bond acceptors (Lipinski definition) is 5. The summed E-state index contributed by atoms with van der Waals surface area (Å²) >= 11 is 5.71. The highest BCUT2D eigenvalue weighted by molar-refractivity contribution is 7.89. The minimum absolute atomic E-state index is 0.0753. The van der Waals surface area contributed by atoms with E-state index in [2.05, 4.69) is 10.4 Å². The molecule has 0 saturated carbocycles. The van der Waals surface area contributed by atoms with Crippen molar-refractivity contribution in [2.24, 2.45) is 5.92 Å². The maximum atomic E-state index is 13.3. The Morgan fingerprint density at radius 1 is 1.37 bits per heavy atom. The van der Waals surface area contributed by atoms with Gasteiger partial charge in [-0.05, 0) is 38.0 Å². The average Bonchev–Trinajstić information content (AvgIpc) is 3.07. The number of piperidine rings is 1. The molecule has 11 heteroatoms. The first-order valence-corrected chi connectivity index (χ1v) is 11.2. The van der Waals surface area contributed by atoms with Gasteiger partial charge in [0, 0.05) is 25.1 Å². The van der Waals surface area contributed by atoms with Crippen molar-refractivity contribution >= 4 is 33.3 Å². The SMILES string of the molecule is Cc1cc(NC(=O)C2CCN(S(=O)(=O)c3ccc(F)c(Cl)c3)CC2)n(CCC#N)n1. The number of anilines is 1. The van der Waals surface area contributed by atoms with Gasteiger partial charge in [0.25, 0.3) is 0 Å². The summed E-state index contributed by atoms with van der Waals surface area (Å²) in [6.45, 7) is 2.50. The number of aryl methyl sites for hydroxylation is 2. The Labute approximate surface area is 179 Å². The summed E-state index contributed by atoms with van der Waals surface area (Å²) in [7, 11) is -3.82. The normalized spacial score (nSPS) is 15.7. The van der Waals surface area contributed by atoms with E-state index >= 15 is 0 Å². The molecule has 1 aromatic heterocycles. The van der Waals surface area contributed by atoms with Gasteiger partial charge >= 0.3 is 0 Å². The van der Waals surface area contributed by atoms with Gasteiger partial charge in [0.05, 0.1) is 34.6 Å². The quantitative estimate of drug-likeness (QED) is 0.723. The summed E-state index contributed by atoms with van der Waals surface area (Å²) in [5.41, 5.74) is 0.724. The number of benzene rings is 1. The fraction of sp³-hybridized carbons (Fsp3) is 0.421. The lowest BCUT2D eigenvalue weighted by Gasteiger charge is -2.30. The Bertz CT molecular complexity index is 1090. The number of carbonyl (C=O) groups excluding carboxylic acids is 1. The maximum Gasteiger partial charge on any atom is 0.243 e. The molecule has 2 heterocycles. The minimum Gasteiger partial charge on any atom is -0.311 e. The number of hydrogen-bond donors (Lipinski definition) is 1. The third-order valence-electron chi connectivity index (χ3n) is 4.94. The van der Waals surface area contributed by atoms with Crippen LogP contribution in [0.3, 0.4) is 0 Å². The van der Waals surface area contributed by atoms with Crippen LogP contribution in [0.25, 0.3) is 0 Å². The molecule has 0 unspecified atom stereocenters. The van der Waals surface area contributed by atoms with Gasteiger partial charge in [0.2, 0.25) is 15.9 Å². The van der Waals surface area contributed by atoms with Gasteiger partial charge in [-0.1, -0.05) is 11.6 Å². The molecule has 1 N–H and O–H groups in total. The van der Waals surface area contributed by atoms with Gasteiger partial charge < -0.3 is 5.32 Å². The summed E-state index contributed by atoms with van der Waals surface area (Å²) in [6, 6.07) is 7.07. The second kappa shape index (κ2) is 9.12. The smallest absolute Gasteiger partial charge is 0.243 e. The molecule has 30 heavy (non-hydrogen) atoms. The van der Waals surface area contributed by atoms with E-state index in [1.807, 2.05) is 6.07 Å². The van der Waals surface area contributed by atoms with E-state index in [0.29, 0.717) is 25.2 Å². The van der Waals surface area contributed by atoms with Gasteiger partial charge in [-0.25, -0.2) is 17.5 Å². The van der Waals surface area contributed by atoms with Gasteiger partial charge in [-0.2, -0.15) is 14.7 Å². The van der Waals surface area contributed by atoms with E-state index in [1.54, 1.807) is 17.7 Å². The molecule has 1 aliphatic rings. The molecular formula is C19H21ClFN5O3S. The number of aromatic nitrogens is 2. The first-order chi connectivity index (χ1) is 14.2. The summed E-state index contributed by atoms with van der Waals surface area (Å²) in [5, 5.41) is 15.6. The molecule has 1 fully saturated rings. The molecule has 0 spiro atoms. The highest BCUT2D eigenvalue weighted by Gasteiger charge is 2.32. The van der Waals surface area contributed by atoms with Crippen LogP contribution in [0.2, 0.25) is 5.02 Å². The highest BCUT2D eigenvalue weighted by atomic mass is 35.5. The zero-order chi connectivity index (χ0) is 21.9. The summed E-state index contributed by atoms with van der Waals surface area (Å²) in [6.07, 6.45) is 0.976. The monoisotopic (exact) mass is 453 g/mol. The third kappa shape index (κ3) is 4.80. The number of sulfonamides is 1. The molecule has 0 radical (unpaired) electrons. The van der Waals surface area contributed by atoms with Crippen molar-refractivity contribution in [3.63, 3.8) is 0 Å². The lowest BCUT2D eigenvalue weighted by Crippen LogP contribution is -2.41. The van der Waals surface area contributed by atoms with Crippen molar-refractivity contribution in [2.75, 3.05) is 18.4 Å². The van der Waals surface area contributed by atoms with Crippen LogP contribution < -0.4 is 5.32 Å². The Morgan fingerprint density at radius 3 is 2.70 bits per heavy atom. The molecular weight excluding hydrogens is 433 g/mol. The van der Waals surface area contributed by atoms with Crippen LogP contribution in [-0.2, 0) is 21.4 Å². The highest BCUT2D eigenvalue weighted by Crippen LogP contribution is 2.27. The zero-order valence-electron chi connectivity index (χ0n) is 16.3. The van der Waals surface area contributed by atoms with Crippen molar-refractivity contribution < 1.29 is 17.6 Å². The average molecular weight is 454 g/mol. The number of carbonyl (C=O) groups is 1. The molecule has 1 amide bonds. The standard InChI is InChI=1S/C19H21ClFN5O3S/c1-13-11-18(26(24-13)8-2-7-22)23-19(27)14-5-9-25(10-6-14)30(28,29)15-3-4-17(21)16(20)12-15/h3-4,11-12,14H,2,5-6,8-10H2,1H3,(H,23,27). The molecule has 3 rings (SSSR count). The number of rotatable bonds is 6. The minimum atomic E-state index is -3.82. The second-order valence-electron chi connectivity index (χ2n) is 7.05. The van der Waals surface area contributed by atoms with E-state index in [9.17, 15) is 17.6 Å². The Balaban J connectivity index is 1.63. The van der Waals surface area contributed by atoms with E-state index in [-0.39, 0.29) is 41.3 Å². The fourth-order valence-corrected chi connectivity index (χ4v) is 5.09. The van der Waals surface area contributed by atoms with Crippen LogP contribution in [0, 0.1) is 30.0 Å². The second-order valence-corrected chi connectivity index (χ2v) is 9.39. The Morgan fingerprint density at radius 2 is 2.07 bits per heavy atom. The molecule has 0 aliphatic carbocycles. The number of halogens is 2. The first kappa shape index (κ1) is 22.2. The number of nitrogens with zero attached hydrogens (tertiary/aromatic N) is 4. The van der Waals surface area contributed by atoms with Crippen molar-refractivity contribution in [3.8, 4) is 6.07 Å². The molecule has 2 aromatic rings. The summed E-state index contributed by atoms with van der Waals surface area (Å²) in [4.78, 5) is 12.6. The van der Waals surface area contributed by atoms with Crippen LogP contribution >= 0.6 is 11.6 Å². The number of nitriles is 1. The number of amides is 1. The fourth-order valence-electron chi connectivity index (χ4n) is 3.35. The van der Waals surface area contributed by atoms with E-state index in [1.165, 1.54) is 10.4 Å². The first-order valence-electron chi connectivity index (χ1n) is 9.40. The maximum absolute atomic E-state index is 13.3. The molecule has 160 valence electrons. The number of nitrogens with one attached hydrogen (secondary N) is 1. The van der Waals surface area contributed by atoms with Crippen molar-refractivity contribution in [2.45, 2.75) is 37.6 Å². The predicted octanol–water partition coefficient (Wildman–Crippen LogP) is 2.94. The van der Waals surface area contributed by atoms with Crippen LogP contribution in [0.4, 0.5) is 10.2 Å².